The summed E-state index contributed by atoms with van der Waals surface area (Å²) in [5, 5.41) is 11.5. The van der Waals surface area contributed by atoms with E-state index in [2.05, 4.69) is 5.32 Å². The predicted molar refractivity (Wildman–Crippen MR) is 73.6 cm³/mol. The van der Waals surface area contributed by atoms with Crippen LogP contribution in [0.4, 0.5) is 10.5 Å². The molecule has 0 saturated heterocycles. The number of urea groups is 1. The van der Waals surface area contributed by atoms with Gasteiger partial charge in [-0.25, -0.2) is 9.59 Å². The molecular formula is C13H19N3O3. The molecule has 1 aromatic carbocycles. The minimum absolute atomic E-state index is 0.193. The summed E-state index contributed by atoms with van der Waals surface area (Å²) in [7, 11) is 5.59. The number of nitrogens with zero attached hydrogens (tertiary/aromatic N) is 2. The zero-order chi connectivity index (χ0) is 14.4. The van der Waals surface area contributed by atoms with Gasteiger partial charge in [-0.15, -0.1) is 0 Å². The predicted octanol–water partition coefficient (Wildman–Crippen LogP) is 1.41. The smallest absolute Gasteiger partial charge is 0.335 e. The Morgan fingerprint density at radius 1 is 1.11 bits per heavy atom. The largest absolute Gasteiger partial charge is 0.478 e. The number of amides is 2. The van der Waals surface area contributed by atoms with Gasteiger partial charge in [-0.05, 0) is 38.4 Å². The molecule has 0 fully saturated rings. The van der Waals surface area contributed by atoms with Crippen molar-refractivity contribution in [3.8, 4) is 0 Å². The number of likely N-dealkylation sites (N-methyl/N-ethyl adjacent to an activating group) is 2. The van der Waals surface area contributed by atoms with Crippen LogP contribution in [0.1, 0.15) is 10.4 Å². The van der Waals surface area contributed by atoms with E-state index in [1.807, 2.05) is 19.0 Å². The van der Waals surface area contributed by atoms with Crippen LogP contribution in [0.5, 0.6) is 0 Å². The molecule has 19 heavy (non-hydrogen) atoms. The number of rotatable bonds is 5. The van der Waals surface area contributed by atoms with Gasteiger partial charge in [-0.2, -0.15) is 0 Å². The number of carboxylic acid groups (broad SMARTS) is 1. The summed E-state index contributed by atoms with van der Waals surface area (Å²) < 4.78 is 0. The first-order valence-electron chi connectivity index (χ1n) is 5.90. The zero-order valence-electron chi connectivity index (χ0n) is 11.4. The first-order valence-corrected chi connectivity index (χ1v) is 5.90. The molecule has 6 nitrogen and oxygen atoms in total. The van der Waals surface area contributed by atoms with Crippen molar-refractivity contribution in [2.75, 3.05) is 39.5 Å². The summed E-state index contributed by atoms with van der Waals surface area (Å²) in [6.07, 6.45) is 0. The molecule has 0 heterocycles. The number of aromatic carboxylic acids is 1. The van der Waals surface area contributed by atoms with Crippen LogP contribution in [0.25, 0.3) is 0 Å². The van der Waals surface area contributed by atoms with Crippen molar-refractivity contribution in [2.45, 2.75) is 0 Å². The van der Waals surface area contributed by atoms with E-state index in [1.165, 1.54) is 12.1 Å². The highest BCUT2D eigenvalue weighted by Gasteiger charge is 2.09. The third-order valence-electron chi connectivity index (χ3n) is 2.61. The van der Waals surface area contributed by atoms with Crippen molar-refractivity contribution in [3.63, 3.8) is 0 Å². The molecule has 104 valence electrons. The number of hydrogen-bond donors (Lipinski definition) is 2. The second-order valence-corrected chi connectivity index (χ2v) is 4.54. The lowest BCUT2D eigenvalue weighted by Crippen LogP contribution is -2.36. The minimum Gasteiger partial charge on any atom is -0.478 e. The van der Waals surface area contributed by atoms with Crippen molar-refractivity contribution in [2.24, 2.45) is 0 Å². The molecule has 2 amide bonds. The van der Waals surface area contributed by atoms with Crippen LogP contribution in [0, 0.1) is 0 Å². The van der Waals surface area contributed by atoms with Gasteiger partial charge >= 0.3 is 12.0 Å². The Hall–Kier alpha value is -2.08. The third-order valence-corrected chi connectivity index (χ3v) is 2.61. The van der Waals surface area contributed by atoms with Gasteiger partial charge in [0.25, 0.3) is 0 Å². The summed E-state index contributed by atoms with van der Waals surface area (Å²) in [5.41, 5.74) is 0.769. The van der Waals surface area contributed by atoms with Gasteiger partial charge in [-0.1, -0.05) is 0 Å². The fraction of sp³-hybridized carbons (Fsp3) is 0.385. The van der Waals surface area contributed by atoms with Crippen LogP contribution in [0.15, 0.2) is 24.3 Å². The van der Waals surface area contributed by atoms with Crippen LogP contribution in [0.2, 0.25) is 0 Å². The summed E-state index contributed by atoms with van der Waals surface area (Å²) >= 11 is 0. The Balaban J connectivity index is 2.54. The number of nitrogens with one attached hydrogen (secondary N) is 1. The van der Waals surface area contributed by atoms with Crippen molar-refractivity contribution in [3.05, 3.63) is 29.8 Å². The molecule has 0 aliphatic carbocycles. The Kier molecular flexibility index (Phi) is 5.32. The maximum atomic E-state index is 11.8. The van der Waals surface area contributed by atoms with E-state index in [9.17, 15) is 9.59 Å². The lowest BCUT2D eigenvalue weighted by molar-refractivity contribution is 0.0697. The van der Waals surface area contributed by atoms with Gasteiger partial charge in [0, 0.05) is 25.8 Å². The molecule has 0 aromatic heterocycles. The average Bonchev–Trinajstić information content (AvgIpc) is 2.36. The number of anilines is 1. The lowest BCUT2D eigenvalue weighted by atomic mass is 10.2. The van der Waals surface area contributed by atoms with Crippen molar-refractivity contribution in [1.29, 1.82) is 0 Å². The summed E-state index contributed by atoms with van der Waals surface area (Å²) in [4.78, 5) is 26.1. The number of carbonyl (C=O) groups is 2. The van der Waals surface area contributed by atoms with Crippen LogP contribution < -0.4 is 5.32 Å². The number of benzene rings is 1. The molecule has 1 rings (SSSR count). The first kappa shape index (κ1) is 15.0. The van der Waals surface area contributed by atoms with Crippen LogP contribution in [0.3, 0.4) is 0 Å². The fourth-order valence-corrected chi connectivity index (χ4v) is 1.37. The Bertz CT molecular complexity index is 443. The molecule has 0 unspecified atom stereocenters. The highest BCUT2D eigenvalue weighted by atomic mass is 16.4. The highest BCUT2D eigenvalue weighted by Crippen LogP contribution is 2.10. The van der Waals surface area contributed by atoms with E-state index in [1.54, 1.807) is 24.1 Å². The number of carboxylic acids is 1. The van der Waals surface area contributed by atoms with E-state index < -0.39 is 5.97 Å². The van der Waals surface area contributed by atoms with E-state index >= 15 is 0 Å². The van der Waals surface area contributed by atoms with Gasteiger partial charge < -0.3 is 20.2 Å². The van der Waals surface area contributed by atoms with E-state index in [4.69, 9.17) is 5.11 Å². The van der Waals surface area contributed by atoms with E-state index in [-0.39, 0.29) is 11.6 Å². The molecular weight excluding hydrogens is 246 g/mol. The molecule has 0 saturated carbocycles. The van der Waals surface area contributed by atoms with Crippen molar-refractivity contribution >= 4 is 17.7 Å². The average molecular weight is 265 g/mol. The van der Waals surface area contributed by atoms with Crippen LogP contribution in [-0.4, -0.2) is 61.1 Å². The minimum atomic E-state index is -0.985. The van der Waals surface area contributed by atoms with Gasteiger partial charge in [0.05, 0.1) is 5.56 Å². The van der Waals surface area contributed by atoms with Crippen molar-refractivity contribution in [1.82, 2.24) is 9.80 Å². The molecule has 6 heteroatoms. The first-order chi connectivity index (χ1) is 8.90. The van der Waals surface area contributed by atoms with Gasteiger partial charge in [0.2, 0.25) is 0 Å². The monoisotopic (exact) mass is 265 g/mol. The summed E-state index contributed by atoms with van der Waals surface area (Å²) in [6.45, 7) is 1.40. The highest BCUT2D eigenvalue weighted by molar-refractivity contribution is 5.91. The van der Waals surface area contributed by atoms with Crippen LogP contribution in [-0.2, 0) is 0 Å². The maximum Gasteiger partial charge on any atom is 0.335 e. The topological polar surface area (TPSA) is 72.9 Å². The molecule has 0 aliphatic heterocycles. The molecule has 0 bridgehead atoms. The normalized spacial score (nSPS) is 10.3. The van der Waals surface area contributed by atoms with E-state index in [0.29, 0.717) is 12.2 Å². The summed E-state index contributed by atoms with van der Waals surface area (Å²) in [5.74, 6) is -0.985. The second kappa shape index (κ2) is 6.75. The molecule has 0 radical (unpaired) electrons. The maximum absolute atomic E-state index is 11.8. The molecule has 0 aliphatic rings. The van der Waals surface area contributed by atoms with Gasteiger partial charge in [0.1, 0.15) is 0 Å². The number of hydrogen-bond acceptors (Lipinski definition) is 3. The molecule has 1 aromatic rings. The van der Waals surface area contributed by atoms with Gasteiger partial charge in [-0.3, -0.25) is 0 Å². The lowest BCUT2D eigenvalue weighted by Gasteiger charge is -2.20. The van der Waals surface area contributed by atoms with Gasteiger partial charge in [0.15, 0.2) is 0 Å². The van der Waals surface area contributed by atoms with E-state index in [0.717, 1.165) is 6.54 Å². The quantitative estimate of drug-likeness (QED) is 0.844. The third kappa shape index (κ3) is 4.97. The van der Waals surface area contributed by atoms with Crippen LogP contribution >= 0.6 is 0 Å². The van der Waals surface area contributed by atoms with Crippen molar-refractivity contribution < 1.29 is 14.7 Å². The zero-order valence-corrected chi connectivity index (χ0v) is 11.4. The summed E-state index contributed by atoms with van der Waals surface area (Å²) in [6, 6.07) is 5.84. The molecule has 0 atom stereocenters. The Labute approximate surface area is 112 Å². The Morgan fingerprint density at radius 2 is 1.68 bits per heavy atom. The standard InChI is InChI=1S/C13H19N3O3/c1-15(2)8-9-16(3)13(19)14-11-6-4-10(5-7-11)12(17)18/h4-7H,8-9H2,1-3H3,(H,14,19)(H,17,18). The molecule has 0 spiro atoms. The Morgan fingerprint density at radius 3 is 2.16 bits per heavy atom. The number of carbonyl (C=O) groups excluding carboxylic acids is 1. The SMILES string of the molecule is CN(C)CCN(C)C(=O)Nc1ccc(C(=O)O)cc1. The second-order valence-electron chi connectivity index (χ2n) is 4.54. The molecule has 2 N–H and O–H groups in total. The fourth-order valence-electron chi connectivity index (χ4n) is 1.37.